The number of carbonyl (C=O) groups is 1. The summed E-state index contributed by atoms with van der Waals surface area (Å²) in [4.78, 5) is 17.0. The average Bonchev–Trinajstić information content (AvgIpc) is 2.99. The predicted octanol–water partition coefficient (Wildman–Crippen LogP) is 2.58. The molecule has 0 fully saturated rings. The van der Waals surface area contributed by atoms with Gasteiger partial charge in [0.25, 0.3) is 5.91 Å². The van der Waals surface area contributed by atoms with Crippen LogP contribution in [0, 0.1) is 0 Å². The summed E-state index contributed by atoms with van der Waals surface area (Å²) < 4.78 is 37.8. The average molecular weight is 359 g/mol. The Balaban J connectivity index is 1.65. The zero-order chi connectivity index (χ0) is 17.5. The lowest BCUT2D eigenvalue weighted by Gasteiger charge is -2.29. The molecule has 3 heterocycles. The molecular weight excluding hydrogens is 343 g/mol. The second-order valence-electron chi connectivity index (χ2n) is 6.32. The number of halogens is 3. The Morgan fingerprint density at radius 1 is 1.46 bits per heavy atom. The quantitative estimate of drug-likeness (QED) is 0.880. The molecule has 0 atom stereocenters. The summed E-state index contributed by atoms with van der Waals surface area (Å²) in [5.41, 5.74) is 1.01. The number of thiazole rings is 1. The first-order valence-electron chi connectivity index (χ1n) is 7.25. The highest BCUT2D eigenvalue weighted by molar-refractivity contribution is 7.17. The summed E-state index contributed by atoms with van der Waals surface area (Å²) in [6.07, 6.45) is -0.951. The van der Waals surface area contributed by atoms with E-state index in [0.29, 0.717) is 22.0 Å². The van der Waals surface area contributed by atoms with Crippen LogP contribution < -0.4 is 10.6 Å². The van der Waals surface area contributed by atoms with Crippen LogP contribution in [0.2, 0.25) is 0 Å². The Bertz CT molecular complexity index is 765. The maximum absolute atomic E-state index is 12.3. The fourth-order valence-corrected chi connectivity index (χ4v) is 3.37. The number of nitrogens with one attached hydrogen (secondary N) is 2. The Morgan fingerprint density at radius 2 is 2.21 bits per heavy atom. The molecule has 2 aromatic heterocycles. The number of hydrogen-bond acceptors (Lipinski definition) is 5. The normalized spacial score (nSPS) is 16.6. The van der Waals surface area contributed by atoms with Gasteiger partial charge in [-0.3, -0.25) is 9.48 Å². The Morgan fingerprint density at radius 3 is 2.92 bits per heavy atom. The first-order valence-corrected chi connectivity index (χ1v) is 8.07. The molecule has 1 aliphatic heterocycles. The minimum atomic E-state index is -4.30. The van der Waals surface area contributed by atoms with Gasteiger partial charge in [0.05, 0.1) is 11.9 Å². The lowest BCUT2D eigenvalue weighted by atomic mass is 9.94. The number of aromatic nitrogens is 3. The van der Waals surface area contributed by atoms with Crippen LogP contribution in [0.25, 0.3) is 0 Å². The number of amides is 1. The SMILES string of the molecule is CC1(C)Cc2nc(NCc3cnn(CC(F)(F)F)c3)sc2C(=O)N1. The van der Waals surface area contributed by atoms with Crippen molar-refractivity contribution in [3.63, 3.8) is 0 Å². The van der Waals surface area contributed by atoms with Crippen molar-refractivity contribution < 1.29 is 18.0 Å². The van der Waals surface area contributed by atoms with Crippen LogP contribution in [0.1, 0.15) is 34.8 Å². The van der Waals surface area contributed by atoms with E-state index in [2.05, 4.69) is 20.7 Å². The van der Waals surface area contributed by atoms with E-state index in [0.717, 1.165) is 10.4 Å². The molecule has 2 N–H and O–H groups in total. The largest absolute Gasteiger partial charge is 0.408 e. The van der Waals surface area contributed by atoms with E-state index in [1.165, 1.54) is 23.7 Å². The summed E-state index contributed by atoms with van der Waals surface area (Å²) >= 11 is 1.24. The number of carbonyl (C=O) groups excluding carboxylic acids is 1. The highest BCUT2D eigenvalue weighted by Gasteiger charge is 2.33. The molecule has 0 saturated heterocycles. The van der Waals surface area contributed by atoms with Gasteiger partial charge in [0.1, 0.15) is 11.4 Å². The zero-order valence-electron chi connectivity index (χ0n) is 13.1. The fourth-order valence-electron chi connectivity index (χ4n) is 2.50. The maximum atomic E-state index is 12.3. The molecule has 0 bridgehead atoms. The molecule has 0 aromatic carbocycles. The van der Waals surface area contributed by atoms with Crippen molar-refractivity contribution in [1.29, 1.82) is 0 Å². The standard InChI is InChI=1S/C14H16F3N5OS/c1-13(2)3-9-10(11(23)21-13)24-12(20-9)18-4-8-5-19-22(6-8)7-14(15,16)17/h5-6H,3-4,7H2,1-2H3,(H,18,20)(H,21,23). The molecule has 6 nitrogen and oxygen atoms in total. The Labute approximate surface area is 140 Å². The van der Waals surface area contributed by atoms with Gasteiger partial charge in [0.2, 0.25) is 0 Å². The Kier molecular flexibility index (Phi) is 4.02. The van der Waals surface area contributed by atoms with Gasteiger partial charge >= 0.3 is 6.18 Å². The third-order valence-electron chi connectivity index (χ3n) is 3.44. The number of anilines is 1. The van der Waals surface area contributed by atoms with Gasteiger partial charge in [-0.2, -0.15) is 18.3 Å². The summed E-state index contributed by atoms with van der Waals surface area (Å²) in [5, 5.41) is 10.2. The molecule has 0 saturated carbocycles. The summed E-state index contributed by atoms with van der Waals surface area (Å²) in [6, 6.07) is 0. The van der Waals surface area contributed by atoms with Crippen LogP contribution in [-0.2, 0) is 19.5 Å². The summed E-state index contributed by atoms with van der Waals surface area (Å²) in [7, 11) is 0. The zero-order valence-corrected chi connectivity index (χ0v) is 13.9. The molecule has 0 spiro atoms. The highest BCUT2D eigenvalue weighted by atomic mass is 32.1. The number of alkyl halides is 3. The third kappa shape index (κ3) is 3.86. The molecule has 2 aromatic rings. The van der Waals surface area contributed by atoms with Gasteiger partial charge in [-0.05, 0) is 13.8 Å². The molecule has 10 heteroatoms. The molecule has 3 rings (SSSR count). The number of nitrogens with zero attached hydrogens (tertiary/aromatic N) is 3. The van der Waals surface area contributed by atoms with Gasteiger partial charge in [-0.1, -0.05) is 11.3 Å². The van der Waals surface area contributed by atoms with Crippen molar-refractivity contribution in [1.82, 2.24) is 20.1 Å². The van der Waals surface area contributed by atoms with Crippen molar-refractivity contribution in [3.05, 3.63) is 28.5 Å². The summed E-state index contributed by atoms with van der Waals surface area (Å²) in [6.45, 7) is 3.02. The van der Waals surface area contributed by atoms with E-state index in [1.54, 1.807) is 0 Å². The minimum absolute atomic E-state index is 0.148. The number of hydrogen-bond donors (Lipinski definition) is 2. The second-order valence-corrected chi connectivity index (χ2v) is 7.32. The van der Waals surface area contributed by atoms with Crippen molar-refractivity contribution in [2.75, 3.05) is 5.32 Å². The molecule has 1 amide bonds. The van der Waals surface area contributed by atoms with Gasteiger partial charge in [-0.15, -0.1) is 0 Å². The topological polar surface area (TPSA) is 71.8 Å². The van der Waals surface area contributed by atoms with Crippen LogP contribution >= 0.6 is 11.3 Å². The van der Waals surface area contributed by atoms with E-state index >= 15 is 0 Å². The van der Waals surface area contributed by atoms with E-state index in [-0.39, 0.29) is 18.0 Å². The molecule has 0 aliphatic carbocycles. The van der Waals surface area contributed by atoms with Crippen molar-refractivity contribution >= 4 is 22.4 Å². The van der Waals surface area contributed by atoms with E-state index in [9.17, 15) is 18.0 Å². The van der Waals surface area contributed by atoms with Gasteiger partial charge in [0, 0.05) is 30.3 Å². The second kappa shape index (κ2) is 5.76. The molecule has 0 radical (unpaired) electrons. The van der Waals surface area contributed by atoms with Gasteiger partial charge in [-0.25, -0.2) is 4.98 Å². The summed E-state index contributed by atoms with van der Waals surface area (Å²) in [5.74, 6) is -0.148. The molecular formula is C14H16F3N5OS. The first-order chi connectivity index (χ1) is 11.1. The van der Waals surface area contributed by atoms with Gasteiger partial charge in [0.15, 0.2) is 5.13 Å². The van der Waals surface area contributed by atoms with Crippen LogP contribution in [0.4, 0.5) is 18.3 Å². The molecule has 24 heavy (non-hydrogen) atoms. The first kappa shape index (κ1) is 16.7. The maximum Gasteiger partial charge on any atom is 0.408 e. The predicted molar refractivity (Wildman–Crippen MR) is 83.0 cm³/mol. The lowest BCUT2D eigenvalue weighted by molar-refractivity contribution is -0.142. The van der Waals surface area contributed by atoms with E-state index in [1.807, 2.05) is 13.8 Å². The van der Waals surface area contributed by atoms with Crippen LogP contribution in [0.15, 0.2) is 12.4 Å². The third-order valence-corrected chi connectivity index (χ3v) is 4.49. The molecule has 1 aliphatic rings. The van der Waals surface area contributed by atoms with Crippen LogP contribution in [0.3, 0.4) is 0 Å². The van der Waals surface area contributed by atoms with Crippen LogP contribution in [-0.4, -0.2) is 32.4 Å². The number of fused-ring (bicyclic) bond motifs is 1. The molecule has 0 unspecified atom stereocenters. The van der Waals surface area contributed by atoms with Crippen molar-refractivity contribution in [3.8, 4) is 0 Å². The van der Waals surface area contributed by atoms with Crippen molar-refractivity contribution in [2.45, 2.75) is 45.1 Å². The monoisotopic (exact) mass is 359 g/mol. The smallest absolute Gasteiger partial charge is 0.357 e. The number of rotatable bonds is 4. The van der Waals surface area contributed by atoms with E-state index < -0.39 is 12.7 Å². The minimum Gasteiger partial charge on any atom is -0.357 e. The molecule has 130 valence electrons. The van der Waals surface area contributed by atoms with Crippen molar-refractivity contribution in [2.24, 2.45) is 0 Å². The fraction of sp³-hybridized carbons (Fsp3) is 0.500. The lowest BCUT2D eigenvalue weighted by Crippen LogP contribution is -2.48. The van der Waals surface area contributed by atoms with Crippen LogP contribution in [0.5, 0.6) is 0 Å². The Hall–Kier alpha value is -2.10. The van der Waals surface area contributed by atoms with E-state index in [4.69, 9.17) is 0 Å². The van der Waals surface area contributed by atoms with Gasteiger partial charge < -0.3 is 10.6 Å². The highest BCUT2D eigenvalue weighted by Crippen LogP contribution is 2.30.